The predicted molar refractivity (Wildman–Crippen MR) is 51.1 cm³/mol. The van der Waals surface area contributed by atoms with E-state index in [1.165, 1.54) is 44.9 Å². The minimum Gasteiger partial charge on any atom is -0.344 e. The molecule has 0 unspecified atom stereocenters. The lowest BCUT2D eigenvalue weighted by atomic mass is 10.0. The molecule has 1 fully saturated rings. The Balaban J connectivity index is 0.000001000. The third-order valence-electron chi connectivity index (χ3n) is 2.74. The van der Waals surface area contributed by atoms with Gasteiger partial charge in [-0.15, -0.1) is 0 Å². The van der Waals surface area contributed by atoms with Gasteiger partial charge in [0.15, 0.2) is 0 Å². The van der Waals surface area contributed by atoms with Gasteiger partial charge in [0.25, 0.3) is 0 Å². The van der Waals surface area contributed by atoms with Gasteiger partial charge in [0.2, 0.25) is 0 Å². The van der Waals surface area contributed by atoms with Gasteiger partial charge in [0.05, 0.1) is 0 Å². The molecule has 0 aromatic heterocycles. The van der Waals surface area contributed by atoms with E-state index < -0.39 is 0 Å². The summed E-state index contributed by atoms with van der Waals surface area (Å²) in [7, 11) is 0. The van der Waals surface area contributed by atoms with Crippen LogP contribution in [0.2, 0.25) is 0 Å². The molecular weight excluding hydrogens is 134 g/mol. The molecule has 1 aliphatic carbocycles. The largest absolute Gasteiger partial charge is 0.344 e. The second-order valence-corrected chi connectivity index (χ2v) is 4.12. The molecule has 0 radical (unpaired) electrons. The van der Waals surface area contributed by atoms with Gasteiger partial charge in [-0.05, 0) is 24.7 Å². The topological polar surface area (TPSA) is 35.0 Å². The number of hydrogen-bond acceptors (Lipinski definition) is 1. The Morgan fingerprint density at radius 2 is 1.73 bits per heavy atom. The Labute approximate surface area is 71.2 Å². The van der Waals surface area contributed by atoms with Gasteiger partial charge >= 0.3 is 0 Å². The molecule has 11 heavy (non-hydrogen) atoms. The SMILES string of the molecule is CCCCCCC1(C)CC1.N. The third-order valence-corrected chi connectivity index (χ3v) is 2.74. The van der Waals surface area contributed by atoms with Crippen LogP contribution < -0.4 is 6.15 Å². The van der Waals surface area contributed by atoms with Gasteiger partial charge in [-0.1, -0.05) is 39.5 Å². The summed E-state index contributed by atoms with van der Waals surface area (Å²) in [6.45, 7) is 4.71. The van der Waals surface area contributed by atoms with E-state index in [4.69, 9.17) is 0 Å². The van der Waals surface area contributed by atoms with Crippen molar-refractivity contribution in [3.05, 3.63) is 0 Å². The fraction of sp³-hybridized carbons (Fsp3) is 1.00. The smallest absolute Gasteiger partial charge is 0.0325 e. The summed E-state index contributed by atoms with van der Waals surface area (Å²) in [4.78, 5) is 0. The summed E-state index contributed by atoms with van der Waals surface area (Å²) >= 11 is 0. The highest BCUT2D eigenvalue weighted by molar-refractivity contribution is 4.87. The van der Waals surface area contributed by atoms with E-state index in [2.05, 4.69) is 13.8 Å². The molecule has 68 valence electrons. The van der Waals surface area contributed by atoms with Crippen molar-refractivity contribution in [1.29, 1.82) is 0 Å². The van der Waals surface area contributed by atoms with E-state index in [1.807, 2.05) is 0 Å². The summed E-state index contributed by atoms with van der Waals surface area (Å²) in [6.07, 6.45) is 10.2. The second-order valence-electron chi connectivity index (χ2n) is 4.12. The normalized spacial score (nSPS) is 19.1. The zero-order chi connectivity index (χ0) is 7.45. The maximum atomic E-state index is 2.43. The molecule has 0 aliphatic heterocycles. The predicted octanol–water partition coefficient (Wildman–Crippen LogP) is 3.92. The zero-order valence-corrected chi connectivity index (χ0v) is 8.16. The van der Waals surface area contributed by atoms with Crippen molar-refractivity contribution in [2.75, 3.05) is 0 Å². The van der Waals surface area contributed by atoms with E-state index in [1.54, 1.807) is 0 Å². The maximum Gasteiger partial charge on any atom is -0.0325 e. The number of rotatable bonds is 5. The quantitative estimate of drug-likeness (QED) is 0.603. The molecule has 0 spiro atoms. The lowest BCUT2D eigenvalue weighted by Crippen LogP contribution is -1.91. The van der Waals surface area contributed by atoms with Crippen LogP contribution in [0, 0.1) is 5.41 Å². The van der Waals surface area contributed by atoms with E-state index in [-0.39, 0.29) is 6.15 Å². The lowest BCUT2D eigenvalue weighted by molar-refractivity contribution is 0.474. The zero-order valence-electron chi connectivity index (χ0n) is 8.16. The number of hydrogen-bond donors (Lipinski definition) is 1. The molecular formula is C10H23N. The Morgan fingerprint density at radius 3 is 2.18 bits per heavy atom. The summed E-state index contributed by atoms with van der Waals surface area (Å²) in [5.41, 5.74) is 0.799. The first-order valence-corrected chi connectivity index (χ1v) is 4.77. The highest BCUT2D eigenvalue weighted by Crippen LogP contribution is 2.49. The van der Waals surface area contributed by atoms with Crippen LogP contribution in [0.3, 0.4) is 0 Å². The van der Waals surface area contributed by atoms with Crippen molar-refractivity contribution in [3.8, 4) is 0 Å². The van der Waals surface area contributed by atoms with Crippen molar-refractivity contribution in [1.82, 2.24) is 6.15 Å². The van der Waals surface area contributed by atoms with Crippen LogP contribution in [0.5, 0.6) is 0 Å². The van der Waals surface area contributed by atoms with Gasteiger partial charge in [-0.2, -0.15) is 0 Å². The molecule has 0 aromatic carbocycles. The summed E-state index contributed by atoms with van der Waals surface area (Å²) in [5.74, 6) is 0. The van der Waals surface area contributed by atoms with Crippen LogP contribution in [0.15, 0.2) is 0 Å². The fourth-order valence-electron chi connectivity index (χ4n) is 1.44. The van der Waals surface area contributed by atoms with Crippen LogP contribution in [0.1, 0.15) is 58.8 Å². The van der Waals surface area contributed by atoms with E-state index in [9.17, 15) is 0 Å². The average molecular weight is 157 g/mol. The van der Waals surface area contributed by atoms with E-state index in [0.29, 0.717) is 0 Å². The molecule has 0 aromatic rings. The first-order valence-electron chi connectivity index (χ1n) is 4.77. The summed E-state index contributed by atoms with van der Waals surface area (Å²) < 4.78 is 0. The Hall–Kier alpha value is -0.0400. The van der Waals surface area contributed by atoms with Crippen molar-refractivity contribution in [2.24, 2.45) is 5.41 Å². The Bertz CT molecular complexity index is 95.0. The van der Waals surface area contributed by atoms with Crippen LogP contribution in [-0.2, 0) is 0 Å². The van der Waals surface area contributed by atoms with Crippen LogP contribution >= 0.6 is 0 Å². The molecule has 3 N–H and O–H groups in total. The van der Waals surface area contributed by atoms with Crippen molar-refractivity contribution in [2.45, 2.75) is 58.8 Å². The Morgan fingerprint density at radius 1 is 1.09 bits per heavy atom. The minimum atomic E-state index is 0. The number of unbranched alkanes of at least 4 members (excludes halogenated alkanes) is 3. The standard InChI is InChI=1S/C10H20.H3N/c1-3-4-5-6-7-10(2)8-9-10;/h3-9H2,1-2H3;1H3. The molecule has 1 saturated carbocycles. The monoisotopic (exact) mass is 157 g/mol. The second kappa shape index (κ2) is 4.76. The van der Waals surface area contributed by atoms with E-state index in [0.717, 1.165) is 5.41 Å². The molecule has 1 rings (SSSR count). The van der Waals surface area contributed by atoms with Crippen LogP contribution in [0.4, 0.5) is 0 Å². The molecule has 0 bridgehead atoms. The molecule has 1 nitrogen and oxygen atoms in total. The van der Waals surface area contributed by atoms with E-state index >= 15 is 0 Å². The van der Waals surface area contributed by atoms with Gasteiger partial charge < -0.3 is 6.15 Å². The van der Waals surface area contributed by atoms with Gasteiger partial charge in [0, 0.05) is 0 Å². The van der Waals surface area contributed by atoms with Gasteiger partial charge in [0.1, 0.15) is 0 Å². The maximum absolute atomic E-state index is 2.43. The molecule has 0 saturated heterocycles. The average Bonchev–Trinajstić information content (AvgIpc) is 2.62. The summed E-state index contributed by atoms with van der Waals surface area (Å²) in [5, 5.41) is 0. The molecule has 1 heteroatoms. The lowest BCUT2D eigenvalue weighted by Gasteiger charge is -2.05. The Kier molecular flexibility index (Phi) is 4.74. The summed E-state index contributed by atoms with van der Waals surface area (Å²) in [6, 6.07) is 0. The van der Waals surface area contributed by atoms with Crippen molar-refractivity contribution in [3.63, 3.8) is 0 Å². The van der Waals surface area contributed by atoms with Crippen LogP contribution in [-0.4, -0.2) is 0 Å². The molecule has 0 heterocycles. The third kappa shape index (κ3) is 4.41. The highest BCUT2D eigenvalue weighted by Gasteiger charge is 2.35. The van der Waals surface area contributed by atoms with Gasteiger partial charge in [-0.25, -0.2) is 0 Å². The molecule has 0 atom stereocenters. The molecule has 0 amide bonds. The van der Waals surface area contributed by atoms with Crippen molar-refractivity contribution >= 4 is 0 Å². The fourth-order valence-corrected chi connectivity index (χ4v) is 1.44. The van der Waals surface area contributed by atoms with Crippen LogP contribution in [0.25, 0.3) is 0 Å². The first kappa shape index (κ1) is 11.0. The minimum absolute atomic E-state index is 0. The highest BCUT2D eigenvalue weighted by atomic mass is 14.4. The first-order chi connectivity index (χ1) is 4.77. The van der Waals surface area contributed by atoms with Gasteiger partial charge in [-0.3, -0.25) is 0 Å². The molecule has 1 aliphatic rings. The van der Waals surface area contributed by atoms with Crippen molar-refractivity contribution < 1.29 is 0 Å².